The van der Waals surface area contributed by atoms with Gasteiger partial charge in [0.15, 0.2) is 0 Å². The molecule has 0 amide bonds. The second-order valence-electron chi connectivity index (χ2n) is 27.7. The van der Waals surface area contributed by atoms with E-state index in [0.717, 1.165) is 37.6 Å². The fourth-order valence-corrected chi connectivity index (χ4v) is 14.2. The Bertz CT molecular complexity index is 1970. The third-order valence-electron chi connectivity index (χ3n) is 19.8. The number of anilines is 1. The van der Waals surface area contributed by atoms with Gasteiger partial charge in [-0.15, -0.1) is 0 Å². The van der Waals surface area contributed by atoms with Crippen molar-refractivity contribution in [2.45, 2.75) is 364 Å². The summed E-state index contributed by atoms with van der Waals surface area (Å²) in [5.74, 6) is 1.96. The molecule has 1 aromatic rings. The Morgan fingerprint density at radius 1 is 0.384 bits per heavy atom. The topological polar surface area (TPSA) is 84.0 Å². The van der Waals surface area contributed by atoms with Crippen molar-refractivity contribution in [3.05, 3.63) is 64.7 Å². The first-order valence-electron chi connectivity index (χ1n) is 38.1. The summed E-state index contributed by atoms with van der Waals surface area (Å²) in [5, 5.41) is 36.2. The van der Waals surface area contributed by atoms with Crippen LogP contribution in [-0.2, 0) is 4.79 Å². The van der Waals surface area contributed by atoms with Crippen molar-refractivity contribution in [2.24, 2.45) is 23.7 Å². The molecule has 0 aromatic heterocycles. The Labute approximate surface area is 533 Å². The molecule has 0 bridgehead atoms. The largest absolute Gasteiger partial charge is 0.507 e. The van der Waals surface area contributed by atoms with E-state index >= 15 is 0 Å². The summed E-state index contributed by atoms with van der Waals surface area (Å²) in [7, 11) is 0. The molecule has 0 radical (unpaired) electrons. The number of carbonyl (C=O) groups excluding carboxylic acids is 1. The highest BCUT2D eigenvalue weighted by Crippen LogP contribution is 2.44. The van der Waals surface area contributed by atoms with Gasteiger partial charge in [0, 0.05) is 53.9 Å². The Kier molecular flexibility index (Phi) is 45.2. The van der Waals surface area contributed by atoms with Gasteiger partial charge in [0.25, 0.3) is 0 Å². The first kappa shape index (κ1) is 77.0. The van der Waals surface area contributed by atoms with E-state index in [4.69, 9.17) is 0 Å². The fourth-order valence-electron chi connectivity index (χ4n) is 14.2. The summed E-state index contributed by atoms with van der Waals surface area (Å²) >= 11 is 0. The van der Waals surface area contributed by atoms with Crippen LogP contribution in [0.4, 0.5) is 5.69 Å². The maximum atomic E-state index is 14.5. The Morgan fingerprint density at radius 3 is 1.01 bits per heavy atom. The minimum atomic E-state index is -0.323. The lowest BCUT2D eigenvalue weighted by Crippen LogP contribution is -2.34. The van der Waals surface area contributed by atoms with Crippen LogP contribution in [0.3, 0.4) is 0 Å². The number of Topliss-reactive ketones (excluding diaryl/α,β-unsaturated/α-hetero) is 1. The highest BCUT2D eigenvalue weighted by molar-refractivity contribution is 6.40. The number of phenols is 1. The van der Waals surface area contributed by atoms with E-state index in [-0.39, 0.29) is 34.2 Å². The number of hydrogen-bond acceptors (Lipinski definition) is 5. The molecule has 0 aliphatic heterocycles. The van der Waals surface area contributed by atoms with E-state index in [2.05, 4.69) is 77.0 Å². The molecule has 3 N–H and O–H groups in total. The zero-order valence-corrected chi connectivity index (χ0v) is 58.2. The fraction of sp³-hybridized carbons (Fsp3) is 0.800. The van der Waals surface area contributed by atoms with Gasteiger partial charge < -0.3 is 20.2 Å². The molecule has 6 nitrogen and oxygen atoms in total. The van der Waals surface area contributed by atoms with Gasteiger partial charge in [-0.05, 0) is 81.4 Å². The summed E-state index contributed by atoms with van der Waals surface area (Å²) in [6.07, 6.45) is 67.7. The molecule has 0 heterocycles. The van der Waals surface area contributed by atoms with Crippen LogP contribution < -0.4 is 4.90 Å². The molecule has 2 aliphatic carbocycles. The lowest BCUT2D eigenvalue weighted by Gasteiger charge is -2.34. The number of benzene rings is 1. The van der Waals surface area contributed by atoms with E-state index in [1.54, 1.807) is 0 Å². The normalized spacial score (nSPS) is 15.8. The first-order chi connectivity index (χ1) is 42.1. The van der Waals surface area contributed by atoms with E-state index < -0.39 is 0 Å². The number of unbranched alkanes of at least 4 members (excludes halogenated alkanes) is 32. The summed E-state index contributed by atoms with van der Waals surface area (Å²) in [6, 6.07) is 5.90. The van der Waals surface area contributed by atoms with E-state index in [1.165, 1.54) is 308 Å². The Balaban J connectivity index is 2.08. The van der Waals surface area contributed by atoms with Gasteiger partial charge in [0.1, 0.15) is 30.4 Å². The number of aromatic hydroxyl groups is 1. The summed E-state index contributed by atoms with van der Waals surface area (Å²) in [4.78, 5) is 17.1. The summed E-state index contributed by atoms with van der Waals surface area (Å²) < 4.78 is 2.62. The van der Waals surface area contributed by atoms with Crippen LogP contribution >= 0.6 is 0 Å². The third kappa shape index (κ3) is 31.9. The van der Waals surface area contributed by atoms with Crippen LogP contribution in [0, 0.1) is 23.7 Å². The molecule has 0 saturated heterocycles. The van der Waals surface area contributed by atoms with E-state index in [9.17, 15) is 20.1 Å². The van der Waals surface area contributed by atoms with Gasteiger partial charge in [-0.25, -0.2) is 4.58 Å². The second-order valence-corrected chi connectivity index (χ2v) is 27.7. The van der Waals surface area contributed by atoms with E-state index in [0.29, 0.717) is 34.8 Å². The van der Waals surface area contributed by atoms with Gasteiger partial charge in [-0.2, -0.15) is 0 Å². The smallest absolute Gasteiger partial charge is 0.203 e. The maximum Gasteiger partial charge on any atom is 0.203 e. The molecule has 1 aromatic carbocycles. The molecule has 4 atom stereocenters. The monoisotopic (exact) mass is 1190 g/mol. The average Bonchev–Trinajstić information content (AvgIpc) is 1.33. The molecular formula is C80H141N2O4+. The number of aliphatic hydroxyl groups excluding tert-OH is 2. The molecule has 6 heteroatoms. The van der Waals surface area contributed by atoms with Crippen LogP contribution in [-0.4, -0.2) is 57.6 Å². The minimum absolute atomic E-state index is 0.0397. The molecule has 494 valence electrons. The summed E-state index contributed by atoms with van der Waals surface area (Å²) in [5.41, 5.74) is 3.09. The standard InChI is InChI=1S/C80H140N2O4/c1-9-17-25-33-37-45-53-67(49-41-29-21-13-5)63-81(64-68(50-42-30-22-14-6)54-46-38-34-26-18-10-2)71-57-59-73(75(83)61-71)77-79(85)78(80(77)86)74-60-58-72(62-76(74)84)82(65-69(51-43-31-23-15-7)55-47-39-35-27-19-11-3)66-70(52-44-32-24-16-8)56-48-40-36-28-20-12-4/h57-62,67-70H,9-56,63-66H2,1-8H3,(H2,83,84,85,86)/p+1. The second kappa shape index (κ2) is 50.5. The molecule has 0 spiro atoms. The lowest BCUT2D eigenvalue weighted by atomic mass is 9.79. The number of allylic oxidation sites excluding steroid dienone is 5. The lowest BCUT2D eigenvalue weighted by molar-refractivity contribution is -0.541. The zero-order valence-electron chi connectivity index (χ0n) is 58.2. The summed E-state index contributed by atoms with van der Waals surface area (Å²) in [6.45, 7) is 22.4. The Morgan fingerprint density at radius 2 is 0.698 bits per heavy atom. The molecule has 4 unspecified atom stereocenters. The van der Waals surface area contributed by atoms with E-state index in [1.807, 2.05) is 24.3 Å². The highest BCUT2D eigenvalue weighted by atomic mass is 16.3. The van der Waals surface area contributed by atoms with Crippen LogP contribution in [0.15, 0.2) is 59.1 Å². The van der Waals surface area contributed by atoms with Crippen molar-refractivity contribution < 1.29 is 24.7 Å². The van der Waals surface area contributed by atoms with Gasteiger partial charge in [0.05, 0.1) is 17.2 Å². The molecule has 3 rings (SSSR count). The zero-order chi connectivity index (χ0) is 62.2. The predicted molar refractivity (Wildman–Crippen MR) is 378 cm³/mol. The van der Waals surface area contributed by atoms with Gasteiger partial charge in [-0.1, -0.05) is 312 Å². The number of carbonyl (C=O) groups is 1. The number of ketones is 1. The molecule has 2 aliphatic rings. The molecule has 86 heavy (non-hydrogen) atoms. The molecule has 0 saturated carbocycles. The average molecular weight is 1200 g/mol. The number of nitrogens with zero attached hydrogens (tertiary/aromatic N) is 2. The minimum Gasteiger partial charge on any atom is -0.507 e. The van der Waals surface area contributed by atoms with Crippen molar-refractivity contribution in [3.8, 4) is 5.75 Å². The molecular weight excluding hydrogens is 1050 g/mol. The quantitative estimate of drug-likeness (QED) is 0.0344. The van der Waals surface area contributed by atoms with Gasteiger partial charge in [-0.3, -0.25) is 4.79 Å². The number of phenolic OH excluding ortho intramolecular Hbond substituents is 1. The predicted octanol–water partition coefficient (Wildman–Crippen LogP) is 25.2. The van der Waals surface area contributed by atoms with Crippen molar-refractivity contribution in [1.82, 2.24) is 0 Å². The van der Waals surface area contributed by atoms with Crippen LogP contribution in [0.25, 0.3) is 5.57 Å². The maximum absolute atomic E-state index is 14.5. The highest BCUT2D eigenvalue weighted by Gasteiger charge is 2.40. The van der Waals surface area contributed by atoms with Crippen molar-refractivity contribution in [2.75, 3.05) is 31.1 Å². The van der Waals surface area contributed by atoms with Crippen molar-refractivity contribution in [1.29, 1.82) is 0 Å². The SMILES string of the molecule is CCCCCCCCC(CCCCCC)CN(CC(CCCCCC)CCCCCCCC)c1ccc(C2=C(O)/C(=C3\C=CC(=[N+](CC(CCCCCC)CCCCCCCC)CC(CCCCCC)CCCCCCCC)C=C3O)C2=O)c(O)c1. The van der Waals surface area contributed by atoms with Crippen LogP contribution in [0.5, 0.6) is 5.75 Å². The Hall–Kier alpha value is -3.28. The van der Waals surface area contributed by atoms with Crippen molar-refractivity contribution in [3.63, 3.8) is 0 Å². The first-order valence-corrected chi connectivity index (χ1v) is 38.1. The van der Waals surface area contributed by atoms with Crippen LogP contribution in [0.1, 0.15) is 369 Å². The number of aliphatic hydroxyl groups is 2. The van der Waals surface area contributed by atoms with Crippen LogP contribution in [0.2, 0.25) is 0 Å². The number of hydrogen-bond donors (Lipinski definition) is 3. The van der Waals surface area contributed by atoms with Gasteiger partial charge >= 0.3 is 0 Å². The number of rotatable bonds is 58. The van der Waals surface area contributed by atoms with Gasteiger partial charge in [0.2, 0.25) is 11.5 Å². The molecule has 0 fully saturated rings. The third-order valence-corrected chi connectivity index (χ3v) is 19.8. The van der Waals surface area contributed by atoms with Crippen molar-refractivity contribution >= 4 is 22.8 Å².